The van der Waals surface area contributed by atoms with E-state index in [2.05, 4.69) is 36.6 Å². The highest BCUT2D eigenvalue weighted by Crippen LogP contribution is 2.38. The minimum Gasteiger partial charge on any atom is -0.780 e. The molecule has 0 aliphatic carbocycles. The third-order valence-electron chi connectivity index (χ3n) is 5.26. The molecule has 0 aliphatic rings. The van der Waals surface area contributed by atoms with Crippen molar-refractivity contribution in [1.82, 2.24) is 0 Å². The number of unbranched alkanes of at least 4 members (excludes halogenated alkanes) is 14. The van der Waals surface area contributed by atoms with Crippen LogP contribution in [0, 0.1) is 0 Å². The van der Waals surface area contributed by atoms with Gasteiger partial charge >= 0.3 is 0 Å². The van der Waals surface area contributed by atoms with E-state index in [0.717, 1.165) is 32.2 Å². The van der Waals surface area contributed by atoms with Crippen LogP contribution in [0.15, 0.2) is 12.2 Å². The average Bonchev–Trinajstić information content (AvgIpc) is 2.77. The van der Waals surface area contributed by atoms with Crippen molar-refractivity contribution in [2.24, 2.45) is 0 Å². The van der Waals surface area contributed by atoms with Crippen molar-refractivity contribution in [3.8, 4) is 0 Å². The molecule has 0 amide bonds. The van der Waals surface area contributed by atoms with Crippen LogP contribution < -0.4 is 10.6 Å². The summed E-state index contributed by atoms with van der Waals surface area (Å²) >= 11 is 4.68. The van der Waals surface area contributed by atoms with Gasteiger partial charge in [0, 0.05) is 0 Å². The summed E-state index contributed by atoms with van der Waals surface area (Å²) in [4.78, 5) is 11.3. The number of hydrogen-bond acceptors (Lipinski definition) is 4. The van der Waals surface area contributed by atoms with E-state index < -0.39 is 6.72 Å². The molecule has 0 spiro atoms. The number of rotatable bonds is 23. The van der Waals surface area contributed by atoms with Gasteiger partial charge in [-0.1, -0.05) is 109 Å². The lowest BCUT2D eigenvalue weighted by Gasteiger charge is -2.27. The molecular formula is C26H56NO3PS. The highest BCUT2D eigenvalue weighted by atomic mass is 32.5. The van der Waals surface area contributed by atoms with Crippen LogP contribution in [0.3, 0.4) is 0 Å². The van der Waals surface area contributed by atoms with Gasteiger partial charge in [-0.15, -0.1) is 0 Å². The molecule has 0 bridgehead atoms. The Bertz CT molecular complexity index is 408. The second-order valence-corrected chi connectivity index (χ2v) is 11.4. The molecule has 0 aromatic carbocycles. The Morgan fingerprint density at radius 1 is 0.625 bits per heavy atom. The van der Waals surface area contributed by atoms with Crippen LogP contribution in [0.5, 0.6) is 0 Å². The fourth-order valence-electron chi connectivity index (χ4n) is 3.10. The van der Waals surface area contributed by atoms with E-state index in [1.807, 2.05) is 13.8 Å². The molecule has 0 radical (unpaired) electrons. The third kappa shape index (κ3) is 32.4. The van der Waals surface area contributed by atoms with Crippen LogP contribution in [0.2, 0.25) is 0 Å². The second kappa shape index (κ2) is 29.3. The Morgan fingerprint density at radius 2 is 1.00 bits per heavy atom. The summed E-state index contributed by atoms with van der Waals surface area (Å²) in [6.07, 6.45) is 28.0. The molecule has 0 aromatic rings. The van der Waals surface area contributed by atoms with Crippen LogP contribution in [-0.4, -0.2) is 19.8 Å². The van der Waals surface area contributed by atoms with E-state index in [1.165, 1.54) is 89.9 Å². The summed E-state index contributed by atoms with van der Waals surface area (Å²) in [5.41, 5.74) is 3.88. The summed E-state index contributed by atoms with van der Waals surface area (Å²) in [5, 5.41) is 0. The first-order valence-corrected chi connectivity index (χ1v) is 16.1. The zero-order valence-electron chi connectivity index (χ0n) is 21.8. The lowest BCUT2D eigenvalue weighted by molar-refractivity contribution is -0.368. The van der Waals surface area contributed by atoms with E-state index in [9.17, 15) is 4.89 Å². The van der Waals surface area contributed by atoms with E-state index >= 15 is 0 Å². The number of allylic oxidation sites excluding steroid dienone is 2. The van der Waals surface area contributed by atoms with Gasteiger partial charge in [0.1, 0.15) is 6.72 Å². The molecule has 0 saturated carbocycles. The van der Waals surface area contributed by atoms with E-state index in [-0.39, 0.29) is 0 Å². The summed E-state index contributed by atoms with van der Waals surface area (Å²) in [6, 6.07) is 0. The quantitative estimate of drug-likeness (QED) is 0.0910. The lowest BCUT2D eigenvalue weighted by Crippen LogP contribution is -2.50. The maximum Gasteiger partial charge on any atom is 0.115 e. The summed E-state index contributed by atoms with van der Waals surface area (Å²) < 4.78 is 9.93. The summed E-state index contributed by atoms with van der Waals surface area (Å²) in [6.45, 7) is 5.17. The standard InChI is InChI=1S/C18H37N.C8H19O3PS/c1-2-3-4-5-6-7-8-9-10-11-12-13-14-15-16-17-18-19;1-3-5-7-10-12(9,13)11-8-6-4-2/h9-10H,2-8,11-19H2,1H3;3-8H2,1-2H3,(H,9,13)/b10-9-;. The molecule has 6 heteroatoms. The summed E-state index contributed by atoms with van der Waals surface area (Å²) in [7, 11) is 0. The number of quaternary nitrogens is 1. The topological polar surface area (TPSA) is 69.2 Å². The molecule has 0 saturated heterocycles. The van der Waals surface area contributed by atoms with E-state index in [0.29, 0.717) is 13.2 Å². The Morgan fingerprint density at radius 3 is 1.41 bits per heavy atom. The van der Waals surface area contributed by atoms with Crippen molar-refractivity contribution in [2.75, 3.05) is 19.8 Å². The zero-order chi connectivity index (χ0) is 24.2. The summed E-state index contributed by atoms with van der Waals surface area (Å²) in [5.74, 6) is 0. The predicted octanol–water partition coefficient (Wildman–Crippen LogP) is 7.47. The molecule has 0 rings (SSSR count). The highest BCUT2D eigenvalue weighted by Gasteiger charge is 2.02. The van der Waals surface area contributed by atoms with Crippen molar-refractivity contribution >= 4 is 18.5 Å². The van der Waals surface area contributed by atoms with Crippen LogP contribution in [-0.2, 0) is 20.9 Å². The molecule has 0 fully saturated rings. The van der Waals surface area contributed by atoms with Crippen molar-refractivity contribution in [2.45, 2.75) is 136 Å². The first kappa shape index (κ1) is 34.4. The first-order chi connectivity index (χ1) is 15.5. The molecule has 4 nitrogen and oxygen atoms in total. The van der Waals surface area contributed by atoms with Gasteiger partial charge in [-0.05, 0) is 51.4 Å². The molecule has 0 heterocycles. The van der Waals surface area contributed by atoms with Crippen LogP contribution in [0.25, 0.3) is 0 Å². The minimum atomic E-state index is -3.17. The normalized spacial score (nSPS) is 11.7. The Kier molecular flexibility index (Phi) is 31.5. The second-order valence-electron chi connectivity index (χ2n) is 8.61. The molecule has 0 aliphatic heterocycles. The monoisotopic (exact) mass is 493 g/mol. The lowest BCUT2D eigenvalue weighted by atomic mass is 10.1. The van der Waals surface area contributed by atoms with Gasteiger partial charge in [-0.3, -0.25) is 0 Å². The fourth-order valence-corrected chi connectivity index (χ4v) is 4.33. The minimum absolute atomic E-state index is 0.434. The van der Waals surface area contributed by atoms with Crippen molar-refractivity contribution < 1.29 is 19.7 Å². The molecular weight excluding hydrogens is 437 g/mol. The Labute approximate surface area is 206 Å². The highest BCUT2D eigenvalue weighted by molar-refractivity contribution is 8.06. The molecule has 0 atom stereocenters. The molecule has 194 valence electrons. The van der Waals surface area contributed by atoms with Gasteiger partial charge in [0.2, 0.25) is 0 Å². The SMILES string of the molecule is CCCCCCCC/C=C\CCCCCCCC[NH3+].CCCCOP([O-])(=S)OCCCC. The number of hydrogen-bond donors (Lipinski definition) is 1. The largest absolute Gasteiger partial charge is 0.780 e. The molecule has 0 unspecified atom stereocenters. The fraction of sp³-hybridized carbons (Fsp3) is 0.923. The van der Waals surface area contributed by atoms with Crippen molar-refractivity contribution in [3.63, 3.8) is 0 Å². The van der Waals surface area contributed by atoms with Crippen LogP contribution >= 0.6 is 6.72 Å². The van der Waals surface area contributed by atoms with E-state index in [4.69, 9.17) is 9.05 Å². The molecule has 32 heavy (non-hydrogen) atoms. The average molecular weight is 494 g/mol. The molecule has 0 aromatic heterocycles. The maximum atomic E-state index is 11.3. The van der Waals surface area contributed by atoms with Gasteiger partial charge in [-0.25, -0.2) is 0 Å². The Hall–Kier alpha value is 0.230. The van der Waals surface area contributed by atoms with Gasteiger partial charge in [0.25, 0.3) is 0 Å². The van der Waals surface area contributed by atoms with Gasteiger partial charge in [0.05, 0.1) is 19.8 Å². The maximum absolute atomic E-state index is 11.3. The van der Waals surface area contributed by atoms with Gasteiger partial charge in [-0.2, -0.15) is 0 Å². The van der Waals surface area contributed by atoms with Gasteiger partial charge < -0.3 is 19.7 Å². The smallest absolute Gasteiger partial charge is 0.115 e. The van der Waals surface area contributed by atoms with Crippen molar-refractivity contribution in [3.05, 3.63) is 12.2 Å². The third-order valence-corrected chi connectivity index (χ3v) is 6.89. The van der Waals surface area contributed by atoms with Gasteiger partial charge in [0.15, 0.2) is 0 Å². The predicted molar refractivity (Wildman–Crippen MR) is 143 cm³/mol. The molecule has 3 N–H and O–H groups in total. The Balaban J connectivity index is 0. The zero-order valence-corrected chi connectivity index (χ0v) is 23.5. The van der Waals surface area contributed by atoms with Crippen LogP contribution in [0.4, 0.5) is 0 Å². The van der Waals surface area contributed by atoms with E-state index in [1.54, 1.807) is 0 Å². The van der Waals surface area contributed by atoms with Crippen LogP contribution in [0.1, 0.15) is 136 Å². The first-order valence-electron chi connectivity index (χ1n) is 13.6. The van der Waals surface area contributed by atoms with Crippen molar-refractivity contribution in [1.29, 1.82) is 0 Å².